The summed E-state index contributed by atoms with van der Waals surface area (Å²) < 4.78 is 21.8. The summed E-state index contributed by atoms with van der Waals surface area (Å²) in [6.45, 7) is 0.739. The molecular weight excluding hydrogens is 444 g/mol. The van der Waals surface area contributed by atoms with E-state index in [2.05, 4.69) is 27.6 Å². The highest BCUT2D eigenvalue weighted by molar-refractivity contribution is 14.1. The van der Waals surface area contributed by atoms with Gasteiger partial charge in [0.25, 0.3) is 5.56 Å². The van der Waals surface area contributed by atoms with Crippen molar-refractivity contribution in [3.8, 4) is 0 Å². The van der Waals surface area contributed by atoms with Crippen molar-refractivity contribution >= 4 is 45.7 Å². The largest absolute Gasteiger partial charge is 0.451 e. The molecular formula is C16H11FIN3O2S. The zero-order chi connectivity index (χ0) is 16.7. The molecule has 0 radical (unpaired) electrons. The van der Waals surface area contributed by atoms with Gasteiger partial charge in [-0.3, -0.25) is 9.36 Å². The van der Waals surface area contributed by atoms with Crippen molar-refractivity contribution in [3.63, 3.8) is 0 Å². The lowest BCUT2D eigenvalue weighted by atomic mass is 10.3. The number of aromatic nitrogens is 1. The monoisotopic (exact) mass is 455 g/mol. The van der Waals surface area contributed by atoms with Gasteiger partial charge in [-0.25, -0.2) is 9.38 Å². The predicted octanol–water partition coefficient (Wildman–Crippen LogP) is 2.13. The van der Waals surface area contributed by atoms with Gasteiger partial charge in [-0.1, -0.05) is 17.4 Å². The van der Waals surface area contributed by atoms with Crippen LogP contribution in [0.3, 0.4) is 0 Å². The van der Waals surface area contributed by atoms with Crippen LogP contribution in [-0.4, -0.2) is 11.2 Å². The Bertz CT molecular complexity index is 1090. The van der Waals surface area contributed by atoms with Crippen LogP contribution in [0.1, 0.15) is 5.76 Å². The number of nitrogens with zero attached hydrogens (tertiary/aromatic N) is 3. The molecule has 0 spiro atoms. The third-order valence-electron chi connectivity index (χ3n) is 3.62. The molecule has 1 aliphatic rings. The molecule has 4 rings (SSSR count). The summed E-state index contributed by atoms with van der Waals surface area (Å²) in [5.74, 6) is 0.329. The third-order valence-corrected chi connectivity index (χ3v) is 5.24. The van der Waals surface area contributed by atoms with Crippen LogP contribution in [0.25, 0.3) is 6.08 Å². The Hall–Kier alpha value is -1.94. The molecule has 24 heavy (non-hydrogen) atoms. The minimum Gasteiger partial charge on any atom is -0.451 e. The van der Waals surface area contributed by atoms with E-state index < -0.39 is 0 Å². The van der Waals surface area contributed by atoms with Crippen LogP contribution < -0.4 is 19.8 Å². The van der Waals surface area contributed by atoms with Crippen molar-refractivity contribution in [1.29, 1.82) is 0 Å². The fraction of sp³-hybridized carbons (Fsp3) is 0.125. The van der Waals surface area contributed by atoms with Crippen molar-refractivity contribution in [2.75, 3.05) is 11.6 Å². The van der Waals surface area contributed by atoms with Gasteiger partial charge >= 0.3 is 0 Å². The van der Waals surface area contributed by atoms with Crippen molar-refractivity contribution < 1.29 is 8.81 Å². The van der Waals surface area contributed by atoms with E-state index in [0.717, 1.165) is 3.77 Å². The van der Waals surface area contributed by atoms with Crippen LogP contribution in [0.15, 0.2) is 50.6 Å². The quantitative estimate of drug-likeness (QED) is 0.557. The minimum absolute atomic E-state index is 0.119. The molecule has 0 saturated heterocycles. The summed E-state index contributed by atoms with van der Waals surface area (Å²) in [5.41, 5.74) is 0.583. The summed E-state index contributed by atoms with van der Waals surface area (Å²) in [5, 5.41) is 0. The maximum absolute atomic E-state index is 13.4. The molecule has 0 fully saturated rings. The summed E-state index contributed by atoms with van der Waals surface area (Å²) in [4.78, 5) is 19.6. The topological polar surface area (TPSA) is 50.7 Å². The second-order valence-electron chi connectivity index (χ2n) is 5.23. The predicted molar refractivity (Wildman–Crippen MR) is 98.1 cm³/mol. The molecule has 0 unspecified atom stereocenters. The van der Waals surface area contributed by atoms with Crippen LogP contribution in [0.5, 0.6) is 0 Å². The van der Waals surface area contributed by atoms with Crippen molar-refractivity contribution in [2.24, 2.45) is 4.99 Å². The summed E-state index contributed by atoms with van der Waals surface area (Å²) in [6.07, 6.45) is 1.72. The van der Waals surface area contributed by atoms with E-state index in [-0.39, 0.29) is 11.4 Å². The molecule has 8 heteroatoms. The normalized spacial score (nSPS) is 14.6. The van der Waals surface area contributed by atoms with Gasteiger partial charge in [0.15, 0.2) is 8.57 Å². The molecule has 0 atom stereocenters. The van der Waals surface area contributed by atoms with E-state index in [1.807, 2.05) is 17.0 Å². The maximum Gasteiger partial charge on any atom is 0.271 e. The average Bonchev–Trinajstić information content (AvgIpc) is 3.11. The van der Waals surface area contributed by atoms with Gasteiger partial charge in [-0.15, -0.1) is 0 Å². The van der Waals surface area contributed by atoms with Gasteiger partial charge < -0.3 is 9.32 Å². The lowest BCUT2D eigenvalue weighted by molar-refractivity contribution is 0.528. The van der Waals surface area contributed by atoms with E-state index in [4.69, 9.17) is 4.42 Å². The lowest BCUT2D eigenvalue weighted by Gasteiger charge is -2.25. The first-order valence-corrected chi connectivity index (χ1v) is 9.01. The Morgan fingerprint density at radius 2 is 2.21 bits per heavy atom. The lowest BCUT2D eigenvalue weighted by Crippen LogP contribution is -2.42. The van der Waals surface area contributed by atoms with Crippen molar-refractivity contribution in [1.82, 2.24) is 4.57 Å². The summed E-state index contributed by atoms with van der Waals surface area (Å²) in [7, 11) is 0. The van der Waals surface area contributed by atoms with Gasteiger partial charge in [0.1, 0.15) is 24.9 Å². The number of benzene rings is 1. The molecule has 1 aliphatic heterocycles. The smallest absolute Gasteiger partial charge is 0.271 e. The van der Waals surface area contributed by atoms with Gasteiger partial charge in [-0.2, -0.15) is 0 Å². The van der Waals surface area contributed by atoms with Gasteiger partial charge in [0.2, 0.25) is 0 Å². The highest BCUT2D eigenvalue weighted by atomic mass is 127. The molecule has 0 aliphatic carbocycles. The number of hydrogen-bond acceptors (Lipinski definition) is 5. The molecule has 2 aromatic heterocycles. The SMILES string of the molecule is O=c1/c(=C/c2ccc(I)o2)sc2n1CN(c1cccc(F)c1)CN=2. The zero-order valence-corrected chi connectivity index (χ0v) is 15.3. The zero-order valence-electron chi connectivity index (χ0n) is 12.3. The standard InChI is InChI=1S/C16H11FIN3O2S/c17-10-2-1-3-11(6-10)20-8-19-16-21(9-20)15(22)13(24-16)7-12-4-5-14(18)23-12/h1-7H,8-9H2/b13-7-. The molecule has 3 aromatic rings. The summed E-state index contributed by atoms with van der Waals surface area (Å²) >= 11 is 3.41. The second kappa shape index (κ2) is 6.17. The molecule has 0 amide bonds. The molecule has 1 aromatic carbocycles. The molecule has 0 bridgehead atoms. The molecule has 0 N–H and O–H groups in total. The Morgan fingerprint density at radius 3 is 2.96 bits per heavy atom. The third kappa shape index (κ3) is 2.91. The first-order chi connectivity index (χ1) is 11.6. The Balaban J connectivity index is 1.73. The van der Waals surface area contributed by atoms with Crippen molar-refractivity contribution in [2.45, 2.75) is 6.67 Å². The van der Waals surface area contributed by atoms with E-state index in [1.54, 1.807) is 22.8 Å². The maximum atomic E-state index is 13.4. The first-order valence-electron chi connectivity index (χ1n) is 7.12. The minimum atomic E-state index is -0.308. The highest BCUT2D eigenvalue weighted by Crippen LogP contribution is 2.16. The van der Waals surface area contributed by atoms with E-state index in [0.29, 0.717) is 34.1 Å². The van der Waals surface area contributed by atoms with Gasteiger partial charge in [-0.05, 0) is 52.9 Å². The average molecular weight is 455 g/mol. The molecule has 122 valence electrons. The number of furan rings is 1. The van der Waals surface area contributed by atoms with Crippen LogP contribution in [0.4, 0.5) is 10.1 Å². The molecule has 5 nitrogen and oxygen atoms in total. The van der Waals surface area contributed by atoms with Gasteiger partial charge in [0.05, 0.1) is 4.53 Å². The van der Waals surface area contributed by atoms with Crippen LogP contribution in [0.2, 0.25) is 0 Å². The number of halogens is 2. The van der Waals surface area contributed by atoms with Crippen molar-refractivity contribution in [3.05, 3.63) is 71.4 Å². The number of anilines is 1. The van der Waals surface area contributed by atoms with Crippen LogP contribution in [0, 0.1) is 9.58 Å². The number of fused-ring (bicyclic) bond motifs is 1. The van der Waals surface area contributed by atoms with E-state index in [1.165, 1.54) is 23.5 Å². The Morgan fingerprint density at radius 1 is 1.33 bits per heavy atom. The molecule has 0 saturated carbocycles. The van der Waals surface area contributed by atoms with E-state index >= 15 is 0 Å². The highest BCUT2D eigenvalue weighted by Gasteiger charge is 2.16. The van der Waals surface area contributed by atoms with E-state index in [9.17, 15) is 9.18 Å². The fourth-order valence-corrected chi connectivity index (χ4v) is 3.86. The Labute approximate surface area is 153 Å². The first kappa shape index (κ1) is 15.6. The summed E-state index contributed by atoms with van der Waals surface area (Å²) in [6, 6.07) is 9.95. The Kier molecular flexibility index (Phi) is 4.01. The fourth-order valence-electron chi connectivity index (χ4n) is 2.48. The molecule has 3 heterocycles. The number of hydrogen-bond donors (Lipinski definition) is 0. The number of thiazole rings is 1. The second-order valence-corrected chi connectivity index (χ2v) is 7.30. The van der Waals surface area contributed by atoms with Crippen LogP contribution in [-0.2, 0) is 6.67 Å². The van der Waals surface area contributed by atoms with Crippen LogP contribution >= 0.6 is 33.9 Å². The van der Waals surface area contributed by atoms with Gasteiger partial charge in [0, 0.05) is 11.8 Å². The number of rotatable bonds is 2.